The maximum Gasteiger partial charge on any atom is 0.306 e. The Morgan fingerprint density at radius 3 is 2.43 bits per heavy atom. The van der Waals surface area contributed by atoms with Crippen LogP contribution >= 0.6 is 12.2 Å². The number of benzene rings is 2. The van der Waals surface area contributed by atoms with Crippen LogP contribution in [0.2, 0.25) is 0 Å². The number of carbonyl (C=O) groups is 3. The topological polar surface area (TPSA) is 96.5 Å². The second-order valence-electron chi connectivity index (χ2n) is 6.26. The van der Waals surface area contributed by atoms with Crippen molar-refractivity contribution in [3.8, 4) is 0 Å². The summed E-state index contributed by atoms with van der Waals surface area (Å²) in [5.41, 5.74) is 1.30. The first-order valence-corrected chi connectivity index (χ1v) is 9.71. The fraction of sp³-hybridized carbons (Fsp3) is 0.238. The number of halogens is 1. The zero-order chi connectivity index (χ0) is 21.9. The SMILES string of the molecule is CCCOC(=O)CCC(=O)NC(=S)Nc1cccc(C(=O)Nc2ccc(F)cc2)c1. The summed E-state index contributed by atoms with van der Waals surface area (Å²) in [4.78, 5) is 35.7. The molecule has 0 atom stereocenters. The quantitative estimate of drug-likeness (QED) is 0.436. The monoisotopic (exact) mass is 431 g/mol. The molecule has 0 saturated carbocycles. The molecule has 0 radical (unpaired) electrons. The molecule has 0 aromatic heterocycles. The Kier molecular flexibility index (Phi) is 8.89. The standard InChI is InChI=1S/C21H22FN3O4S/c1-2-12-29-19(27)11-10-18(26)25-21(30)24-17-5-3-4-14(13-17)20(28)23-16-8-6-15(22)7-9-16/h3-9,13H,2,10-12H2,1H3,(H,23,28)(H2,24,25,26,30). The van der Waals surface area contributed by atoms with Crippen molar-refractivity contribution in [2.45, 2.75) is 26.2 Å². The van der Waals surface area contributed by atoms with Gasteiger partial charge in [-0.05, 0) is 61.1 Å². The van der Waals surface area contributed by atoms with E-state index in [0.717, 1.165) is 0 Å². The minimum absolute atomic E-state index is 0.0342. The second-order valence-corrected chi connectivity index (χ2v) is 6.67. The maximum absolute atomic E-state index is 13.0. The summed E-state index contributed by atoms with van der Waals surface area (Å²) in [5, 5.41) is 7.99. The van der Waals surface area contributed by atoms with Gasteiger partial charge in [-0.25, -0.2) is 4.39 Å². The number of carbonyl (C=O) groups excluding carboxylic acids is 3. The molecule has 7 nitrogen and oxygen atoms in total. The molecule has 3 N–H and O–H groups in total. The van der Waals surface area contributed by atoms with Crippen molar-refractivity contribution in [3.05, 3.63) is 59.9 Å². The zero-order valence-corrected chi connectivity index (χ0v) is 17.2. The molecular weight excluding hydrogens is 409 g/mol. The van der Waals surface area contributed by atoms with Gasteiger partial charge >= 0.3 is 5.97 Å². The predicted molar refractivity (Wildman–Crippen MR) is 116 cm³/mol. The third kappa shape index (κ3) is 7.96. The van der Waals surface area contributed by atoms with Crippen molar-refractivity contribution < 1.29 is 23.5 Å². The van der Waals surface area contributed by atoms with E-state index in [1.165, 1.54) is 24.3 Å². The first kappa shape index (κ1) is 23.0. The van der Waals surface area contributed by atoms with Gasteiger partial charge in [-0.15, -0.1) is 0 Å². The summed E-state index contributed by atoms with van der Waals surface area (Å²) < 4.78 is 17.9. The summed E-state index contributed by atoms with van der Waals surface area (Å²) in [5.74, 6) is -1.64. The third-order valence-electron chi connectivity index (χ3n) is 3.76. The summed E-state index contributed by atoms with van der Waals surface area (Å²) in [6.07, 6.45) is 0.630. The van der Waals surface area contributed by atoms with E-state index in [1.807, 2.05) is 6.92 Å². The predicted octanol–water partition coefficient (Wildman–Crippen LogP) is 3.62. The summed E-state index contributed by atoms with van der Waals surface area (Å²) in [6, 6.07) is 11.9. The number of amides is 2. The molecule has 2 aromatic rings. The third-order valence-corrected chi connectivity index (χ3v) is 3.97. The van der Waals surface area contributed by atoms with Crippen LogP contribution in [-0.4, -0.2) is 29.5 Å². The van der Waals surface area contributed by atoms with E-state index in [0.29, 0.717) is 30.0 Å². The first-order valence-electron chi connectivity index (χ1n) is 9.31. The van der Waals surface area contributed by atoms with Crippen LogP contribution in [0.4, 0.5) is 15.8 Å². The molecule has 2 amide bonds. The van der Waals surface area contributed by atoms with E-state index in [1.54, 1.807) is 24.3 Å². The van der Waals surface area contributed by atoms with Crippen LogP contribution in [0.1, 0.15) is 36.5 Å². The fourth-order valence-corrected chi connectivity index (χ4v) is 2.56. The normalized spacial score (nSPS) is 10.1. The van der Waals surface area contributed by atoms with Crippen LogP contribution < -0.4 is 16.0 Å². The first-order chi connectivity index (χ1) is 14.4. The van der Waals surface area contributed by atoms with Crippen LogP contribution in [0.25, 0.3) is 0 Å². The van der Waals surface area contributed by atoms with Gasteiger partial charge in [0.15, 0.2) is 5.11 Å². The lowest BCUT2D eigenvalue weighted by Gasteiger charge is -2.11. The van der Waals surface area contributed by atoms with Crippen molar-refractivity contribution >= 4 is 46.5 Å². The number of rotatable bonds is 8. The van der Waals surface area contributed by atoms with E-state index in [-0.39, 0.29) is 23.9 Å². The van der Waals surface area contributed by atoms with Gasteiger partial charge in [0.1, 0.15) is 5.82 Å². The maximum atomic E-state index is 13.0. The van der Waals surface area contributed by atoms with Crippen molar-refractivity contribution in [1.82, 2.24) is 5.32 Å². The molecule has 9 heteroatoms. The van der Waals surface area contributed by atoms with Crippen LogP contribution in [0.15, 0.2) is 48.5 Å². The molecule has 0 unspecified atom stereocenters. The number of hydrogen-bond acceptors (Lipinski definition) is 5. The Balaban J connectivity index is 1.85. The van der Waals surface area contributed by atoms with Crippen molar-refractivity contribution in [1.29, 1.82) is 0 Å². The van der Waals surface area contributed by atoms with Gasteiger partial charge in [0, 0.05) is 23.4 Å². The molecule has 2 aromatic carbocycles. The smallest absolute Gasteiger partial charge is 0.306 e. The average molecular weight is 431 g/mol. The number of hydrogen-bond donors (Lipinski definition) is 3. The lowest BCUT2D eigenvalue weighted by atomic mass is 10.2. The van der Waals surface area contributed by atoms with Crippen LogP contribution in [0.3, 0.4) is 0 Å². The molecule has 2 rings (SSSR count). The number of thiocarbonyl (C=S) groups is 1. The molecular formula is C21H22FN3O4S. The van der Waals surface area contributed by atoms with Gasteiger partial charge in [-0.3, -0.25) is 14.4 Å². The van der Waals surface area contributed by atoms with Gasteiger partial charge in [0.25, 0.3) is 5.91 Å². The Hall–Kier alpha value is -3.33. The molecule has 0 bridgehead atoms. The minimum atomic E-state index is -0.439. The Morgan fingerprint density at radius 1 is 1.00 bits per heavy atom. The molecule has 30 heavy (non-hydrogen) atoms. The summed E-state index contributed by atoms with van der Waals surface area (Å²) >= 11 is 5.09. The molecule has 0 aliphatic rings. The van der Waals surface area contributed by atoms with Crippen LogP contribution in [0, 0.1) is 5.82 Å². The largest absolute Gasteiger partial charge is 0.466 e. The molecule has 0 heterocycles. The van der Waals surface area contributed by atoms with E-state index >= 15 is 0 Å². The number of nitrogens with one attached hydrogen (secondary N) is 3. The van der Waals surface area contributed by atoms with Gasteiger partial charge in [-0.2, -0.15) is 0 Å². The minimum Gasteiger partial charge on any atom is -0.466 e. The van der Waals surface area contributed by atoms with E-state index in [9.17, 15) is 18.8 Å². The van der Waals surface area contributed by atoms with Crippen LogP contribution in [0.5, 0.6) is 0 Å². The van der Waals surface area contributed by atoms with E-state index in [2.05, 4.69) is 16.0 Å². The zero-order valence-electron chi connectivity index (χ0n) is 16.4. The molecule has 0 fully saturated rings. The highest BCUT2D eigenvalue weighted by atomic mass is 32.1. The number of anilines is 2. The molecule has 0 aliphatic carbocycles. The Bertz CT molecular complexity index is 919. The van der Waals surface area contributed by atoms with Crippen LogP contribution in [-0.2, 0) is 14.3 Å². The van der Waals surface area contributed by atoms with Crippen molar-refractivity contribution in [3.63, 3.8) is 0 Å². The molecule has 0 aliphatic heterocycles. The van der Waals surface area contributed by atoms with Gasteiger partial charge in [0.05, 0.1) is 13.0 Å². The molecule has 0 saturated heterocycles. The van der Waals surface area contributed by atoms with Crippen molar-refractivity contribution in [2.24, 2.45) is 0 Å². The molecule has 0 spiro atoms. The van der Waals surface area contributed by atoms with Gasteiger partial charge < -0.3 is 20.7 Å². The highest BCUT2D eigenvalue weighted by Gasteiger charge is 2.11. The van der Waals surface area contributed by atoms with E-state index in [4.69, 9.17) is 17.0 Å². The fourth-order valence-electron chi connectivity index (χ4n) is 2.33. The average Bonchev–Trinajstić information content (AvgIpc) is 2.72. The lowest BCUT2D eigenvalue weighted by Crippen LogP contribution is -2.34. The summed E-state index contributed by atoms with van der Waals surface area (Å²) in [7, 11) is 0. The highest BCUT2D eigenvalue weighted by Crippen LogP contribution is 2.14. The van der Waals surface area contributed by atoms with Gasteiger partial charge in [0.2, 0.25) is 5.91 Å². The Labute approximate surface area is 179 Å². The van der Waals surface area contributed by atoms with Gasteiger partial charge in [-0.1, -0.05) is 13.0 Å². The van der Waals surface area contributed by atoms with E-state index < -0.39 is 17.7 Å². The Morgan fingerprint density at radius 2 is 1.73 bits per heavy atom. The highest BCUT2D eigenvalue weighted by molar-refractivity contribution is 7.80. The molecule has 158 valence electrons. The lowest BCUT2D eigenvalue weighted by molar-refractivity contribution is -0.144. The summed E-state index contributed by atoms with van der Waals surface area (Å²) in [6.45, 7) is 2.21. The van der Waals surface area contributed by atoms with Crippen molar-refractivity contribution in [2.75, 3.05) is 17.2 Å². The number of ether oxygens (including phenoxy) is 1. The second kappa shape index (κ2) is 11.6. The number of esters is 1.